The number of nitrogens with one attached hydrogen (secondary N) is 2. The van der Waals surface area contributed by atoms with Gasteiger partial charge < -0.3 is 20.3 Å². The zero-order chi connectivity index (χ0) is 29.2. The number of amides is 1. The second kappa shape index (κ2) is 12.0. The van der Waals surface area contributed by atoms with Gasteiger partial charge in [-0.2, -0.15) is 0 Å². The lowest BCUT2D eigenvalue weighted by Crippen LogP contribution is -2.46. The molecular weight excluding hydrogens is 555 g/mol. The Bertz CT molecular complexity index is 1600. The SMILES string of the molecule is CNC1CCCN(C(=O)c2ccc(Nc3ncc4c(n3)-c3ccc(Cl)cc3C(C3=C(OC)C=CCC3F)=NC4)cc2)C1. The Labute approximate surface area is 249 Å². The van der Waals surface area contributed by atoms with Crippen LogP contribution in [0.25, 0.3) is 11.3 Å². The van der Waals surface area contributed by atoms with Gasteiger partial charge in [-0.1, -0.05) is 23.7 Å². The number of aromatic nitrogens is 2. The summed E-state index contributed by atoms with van der Waals surface area (Å²) in [6.07, 6.45) is 6.34. The number of likely N-dealkylation sites (tertiary alicyclic amines) is 1. The van der Waals surface area contributed by atoms with Crippen LogP contribution in [0.1, 0.15) is 40.7 Å². The highest BCUT2D eigenvalue weighted by Crippen LogP contribution is 2.37. The van der Waals surface area contributed by atoms with Crippen molar-refractivity contribution in [1.82, 2.24) is 20.2 Å². The summed E-state index contributed by atoms with van der Waals surface area (Å²) in [7, 11) is 3.47. The quantitative estimate of drug-likeness (QED) is 0.376. The number of fused-ring (bicyclic) bond motifs is 3. The molecule has 0 saturated carbocycles. The lowest BCUT2D eigenvalue weighted by atomic mass is 9.89. The largest absolute Gasteiger partial charge is 0.496 e. The average molecular weight is 587 g/mol. The maximum absolute atomic E-state index is 15.3. The highest BCUT2D eigenvalue weighted by atomic mass is 35.5. The van der Waals surface area contributed by atoms with E-state index in [0.29, 0.717) is 57.4 Å². The fraction of sp³-hybridized carbons (Fsp3) is 0.312. The van der Waals surface area contributed by atoms with Gasteiger partial charge in [-0.25, -0.2) is 14.4 Å². The van der Waals surface area contributed by atoms with Crippen LogP contribution in [-0.4, -0.2) is 65.9 Å². The number of ether oxygens (including phenoxy) is 1. The Morgan fingerprint density at radius 2 is 2.00 bits per heavy atom. The molecule has 42 heavy (non-hydrogen) atoms. The average Bonchev–Trinajstić information content (AvgIpc) is 3.17. The Hall–Kier alpha value is -4.08. The molecule has 3 heterocycles. The van der Waals surface area contributed by atoms with Crippen molar-refractivity contribution in [2.75, 3.05) is 32.6 Å². The lowest BCUT2D eigenvalue weighted by Gasteiger charge is -2.32. The summed E-state index contributed by atoms with van der Waals surface area (Å²) in [6.45, 7) is 1.75. The Morgan fingerprint density at radius 3 is 2.79 bits per heavy atom. The van der Waals surface area contributed by atoms with Gasteiger partial charge >= 0.3 is 0 Å². The standard InChI is InChI=1S/C32H32ClFN6O2/c1-35-23-5-4-14-40(18-23)31(41)19-8-11-22(12-9-19)38-32-37-17-20-16-36-30(28-26(34)6-3-7-27(28)42-2)25-15-21(33)10-13-24(25)29(20)39-32/h3,7-13,15,17,23,26,35H,4-6,14,16,18H2,1-2H3,(H,37,38,39). The van der Waals surface area contributed by atoms with E-state index in [1.54, 1.807) is 30.5 Å². The van der Waals surface area contributed by atoms with Crippen LogP contribution in [0.2, 0.25) is 5.02 Å². The third-order valence-electron chi connectivity index (χ3n) is 7.93. The first-order valence-electron chi connectivity index (χ1n) is 14.1. The molecule has 8 nitrogen and oxygen atoms in total. The predicted octanol–water partition coefficient (Wildman–Crippen LogP) is 5.87. The number of rotatable bonds is 6. The summed E-state index contributed by atoms with van der Waals surface area (Å²) in [4.78, 5) is 29.2. The monoisotopic (exact) mass is 586 g/mol. The molecule has 3 aromatic rings. The normalized spacial score (nSPS) is 19.9. The van der Waals surface area contributed by atoms with Crippen molar-refractivity contribution in [2.24, 2.45) is 4.99 Å². The van der Waals surface area contributed by atoms with E-state index in [-0.39, 0.29) is 18.9 Å². The van der Waals surface area contributed by atoms with Crippen molar-refractivity contribution in [2.45, 2.75) is 38.0 Å². The van der Waals surface area contributed by atoms with Crippen LogP contribution in [0, 0.1) is 0 Å². The summed E-state index contributed by atoms with van der Waals surface area (Å²) >= 11 is 6.42. The first kappa shape index (κ1) is 28.1. The third kappa shape index (κ3) is 5.54. The first-order valence-corrected chi connectivity index (χ1v) is 14.5. The van der Waals surface area contributed by atoms with Crippen LogP contribution in [0.4, 0.5) is 16.0 Å². The minimum Gasteiger partial charge on any atom is -0.496 e. The molecule has 2 N–H and O–H groups in total. The van der Waals surface area contributed by atoms with Gasteiger partial charge in [0, 0.05) is 64.7 Å². The number of carbonyl (C=O) groups excluding carboxylic acids is 1. The first-order chi connectivity index (χ1) is 20.4. The predicted molar refractivity (Wildman–Crippen MR) is 163 cm³/mol. The number of carbonyl (C=O) groups is 1. The minimum absolute atomic E-state index is 0.0320. The third-order valence-corrected chi connectivity index (χ3v) is 8.17. The molecule has 3 aliphatic rings. The van der Waals surface area contributed by atoms with Crippen LogP contribution < -0.4 is 10.6 Å². The van der Waals surface area contributed by atoms with Crippen LogP contribution in [0.15, 0.2) is 77.1 Å². The number of nitrogens with zero attached hydrogens (tertiary/aromatic N) is 4. The molecule has 6 rings (SSSR count). The molecular formula is C32H32ClFN6O2. The van der Waals surface area contributed by atoms with E-state index in [1.165, 1.54) is 7.11 Å². The zero-order valence-electron chi connectivity index (χ0n) is 23.5. The minimum atomic E-state index is -1.26. The number of hydrogen-bond acceptors (Lipinski definition) is 7. The van der Waals surface area contributed by atoms with Crippen molar-refractivity contribution in [3.63, 3.8) is 0 Å². The molecule has 2 aliphatic heterocycles. The summed E-state index contributed by atoms with van der Waals surface area (Å²) in [5, 5.41) is 7.05. The van der Waals surface area contributed by atoms with Crippen molar-refractivity contribution in [3.05, 3.63) is 93.9 Å². The number of anilines is 2. The fourth-order valence-electron chi connectivity index (χ4n) is 5.72. The molecule has 1 aliphatic carbocycles. The highest BCUT2D eigenvalue weighted by Gasteiger charge is 2.30. The van der Waals surface area contributed by atoms with Gasteiger partial charge in [-0.05, 0) is 62.4 Å². The number of alkyl halides is 1. The Kier molecular flexibility index (Phi) is 8.04. The molecule has 0 radical (unpaired) electrons. The van der Waals surface area contributed by atoms with E-state index < -0.39 is 6.17 Å². The number of halogens is 2. The van der Waals surface area contributed by atoms with E-state index in [0.717, 1.165) is 36.2 Å². The van der Waals surface area contributed by atoms with E-state index >= 15 is 4.39 Å². The van der Waals surface area contributed by atoms with E-state index in [4.69, 9.17) is 26.3 Å². The number of aliphatic imine (C=N–C) groups is 1. The zero-order valence-corrected chi connectivity index (χ0v) is 24.3. The van der Waals surface area contributed by atoms with E-state index in [2.05, 4.69) is 15.6 Å². The molecule has 0 spiro atoms. The van der Waals surface area contributed by atoms with Gasteiger partial charge in [-0.15, -0.1) is 0 Å². The van der Waals surface area contributed by atoms with Crippen LogP contribution in [0.3, 0.4) is 0 Å². The maximum Gasteiger partial charge on any atom is 0.253 e. The van der Waals surface area contributed by atoms with Crippen molar-refractivity contribution < 1.29 is 13.9 Å². The van der Waals surface area contributed by atoms with Gasteiger partial charge in [0.25, 0.3) is 5.91 Å². The van der Waals surface area contributed by atoms with Gasteiger partial charge in [0.2, 0.25) is 5.95 Å². The number of likely N-dealkylation sites (N-methyl/N-ethyl adjacent to an activating group) is 1. The number of benzene rings is 2. The molecule has 2 atom stereocenters. The van der Waals surface area contributed by atoms with Crippen molar-refractivity contribution in [1.29, 1.82) is 0 Å². The van der Waals surface area contributed by atoms with E-state index in [9.17, 15) is 4.79 Å². The number of methoxy groups -OCH3 is 1. The summed E-state index contributed by atoms with van der Waals surface area (Å²) < 4.78 is 20.8. The van der Waals surface area contributed by atoms with Gasteiger partial charge in [-0.3, -0.25) is 9.79 Å². The highest BCUT2D eigenvalue weighted by molar-refractivity contribution is 6.31. The van der Waals surface area contributed by atoms with Crippen LogP contribution in [0.5, 0.6) is 0 Å². The molecule has 1 saturated heterocycles. The molecule has 1 aromatic heterocycles. The molecule has 1 amide bonds. The van der Waals surface area contributed by atoms with Crippen molar-refractivity contribution >= 4 is 34.9 Å². The van der Waals surface area contributed by atoms with Crippen molar-refractivity contribution in [3.8, 4) is 11.3 Å². The van der Waals surface area contributed by atoms with Gasteiger partial charge in [0.05, 0.1) is 30.6 Å². The number of allylic oxidation sites excluding steroid dienone is 3. The molecule has 2 aromatic carbocycles. The molecule has 1 fully saturated rings. The Balaban J connectivity index is 1.28. The summed E-state index contributed by atoms with van der Waals surface area (Å²) in [6, 6.07) is 13.1. The summed E-state index contributed by atoms with van der Waals surface area (Å²) in [5.74, 6) is 0.872. The lowest BCUT2D eigenvalue weighted by molar-refractivity contribution is 0.0698. The second-order valence-electron chi connectivity index (χ2n) is 10.6. The molecule has 2 unspecified atom stereocenters. The fourth-order valence-corrected chi connectivity index (χ4v) is 5.89. The number of piperidine rings is 1. The smallest absolute Gasteiger partial charge is 0.253 e. The maximum atomic E-state index is 15.3. The van der Waals surface area contributed by atoms with Crippen LogP contribution >= 0.6 is 11.6 Å². The number of hydrogen-bond donors (Lipinski definition) is 2. The molecule has 10 heteroatoms. The van der Waals surface area contributed by atoms with E-state index in [1.807, 2.05) is 42.3 Å². The molecule has 0 bridgehead atoms. The Morgan fingerprint density at radius 1 is 1.17 bits per heavy atom. The van der Waals surface area contributed by atoms with Gasteiger partial charge in [0.15, 0.2) is 0 Å². The van der Waals surface area contributed by atoms with Crippen LogP contribution in [-0.2, 0) is 11.3 Å². The van der Waals surface area contributed by atoms with Gasteiger partial charge in [0.1, 0.15) is 11.9 Å². The second-order valence-corrected chi connectivity index (χ2v) is 11.0. The topological polar surface area (TPSA) is 91.7 Å². The summed E-state index contributed by atoms with van der Waals surface area (Å²) in [5.41, 5.74) is 5.27. The molecule has 216 valence electrons.